The highest BCUT2D eigenvalue weighted by Crippen LogP contribution is 2.17. The molecule has 4 nitrogen and oxygen atoms in total. The number of nitrogens with one attached hydrogen (secondary N) is 1. The second kappa shape index (κ2) is 5.64. The number of benzene rings is 1. The van der Waals surface area contributed by atoms with Crippen molar-refractivity contribution in [2.75, 3.05) is 7.05 Å². The standard InChI is InChI=1S/C13H16FN3O/c1-15-8-10-5-11(14)7-13(6-10)18-9-12-3-4-17(2)16-12/h3-7,15H,8-9H2,1-2H3. The maximum atomic E-state index is 13.4. The minimum atomic E-state index is -0.293. The Hall–Kier alpha value is -1.88. The molecule has 0 unspecified atom stereocenters. The highest BCUT2D eigenvalue weighted by atomic mass is 19.1. The second-order valence-corrected chi connectivity index (χ2v) is 4.09. The Morgan fingerprint density at radius 3 is 2.89 bits per heavy atom. The van der Waals surface area contributed by atoms with Gasteiger partial charge in [-0.1, -0.05) is 0 Å². The molecule has 0 atom stereocenters. The average molecular weight is 249 g/mol. The first-order valence-corrected chi connectivity index (χ1v) is 5.73. The molecule has 0 saturated carbocycles. The summed E-state index contributed by atoms with van der Waals surface area (Å²) in [6.45, 7) is 0.945. The van der Waals surface area contributed by atoms with Gasteiger partial charge in [0, 0.05) is 25.9 Å². The summed E-state index contributed by atoms with van der Waals surface area (Å²) in [7, 11) is 3.66. The van der Waals surface area contributed by atoms with Crippen molar-refractivity contribution in [2.24, 2.45) is 7.05 Å². The first-order chi connectivity index (χ1) is 8.67. The molecule has 0 aliphatic rings. The Morgan fingerprint density at radius 2 is 2.22 bits per heavy atom. The van der Waals surface area contributed by atoms with Gasteiger partial charge in [0.25, 0.3) is 0 Å². The van der Waals surface area contributed by atoms with Crippen LogP contribution < -0.4 is 10.1 Å². The lowest BCUT2D eigenvalue weighted by Gasteiger charge is -2.07. The van der Waals surface area contributed by atoms with Crippen LogP contribution in [0.2, 0.25) is 0 Å². The molecule has 0 aliphatic heterocycles. The second-order valence-electron chi connectivity index (χ2n) is 4.09. The number of hydrogen-bond donors (Lipinski definition) is 1. The summed E-state index contributed by atoms with van der Waals surface area (Å²) in [6.07, 6.45) is 1.84. The lowest BCUT2D eigenvalue weighted by molar-refractivity contribution is 0.298. The van der Waals surface area contributed by atoms with Crippen molar-refractivity contribution in [1.82, 2.24) is 15.1 Å². The minimum Gasteiger partial charge on any atom is -0.487 e. The smallest absolute Gasteiger partial charge is 0.132 e. The summed E-state index contributed by atoms with van der Waals surface area (Å²) >= 11 is 0. The van der Waals surface area contributed by atoms with Crippen molar-refractivity contribution in [3.8, 4) is 5.75 Å². The van der Waals surface area contributed by atoms with E-state index in [1.165, 1.54) is 12.1 Å². The van der Waals surface area contributed by atoms with Gasteiger partial charge in [-0.2, -0.15) is 5.10 Å². The predicted molar refractivity (Wildman–Crippen MR) is 66.7 cm³/mol. The topological polar surface area (TPSA) is 39.1 Å². The van der Waals surface area contributed by atoms with Crippen molar-refractivity contribution in [2.45, 2.75) is 13.2 Å². The molecular weight excluding hydrogens is 233 g/mol. The molecule has 0 radical (unpaired) electrons. The van der Waals surface area contributed by atoms with E-state index in [0.717, 1.165) is 11.3 Å². The van der Waals surface area contributed by atoms with Crippen LogP contribution in [0.1, 0.15) is 11.3 Å². The van der Waals surface area contributed by atoms with Crippen molar-refractivity contribution in [1.29, 1.82) is 0 Å². The lowest BCUT2D eigenvalue weighted by Crippen LogP contribution is -2.06. The Balaban J connectivity index is 2.04. The van der Waals surface area contributed by atoms with Crippen LogP contribution in [0.3, 0.4) is 0 Å². The van der Waals surface area contributed by atoms with Gasteiger partial charge in [-0.05, 0) is 30.8 Å². The van der Waals surface area contributed by atoms with Crippen molar-refractivity contribution < 1.29 is 9.13 Å². The van der Waals surface area contributed by atoms with E-state index in [9.17, 15) is 4.39 Å². The third kappa shape index (κ3) is 3.30. The van der Waals surface area contributed by atoms with Crippen LogP contribution in [0.4, 0.5) is 4.39 Å². The number of halogens is 1. The number of rotatable bonds is 5. The summed E-state index contributed by atoms with van der Waals surface area (Å²) in [4.78, 5) is 0. The van der Waals surface area contributed by atoms with Gasteiger partial charge in [0.2, 0.25) is 0 Å². The normalized spacial score (nSPS) is 10.6. The predicted octanol–water partition coefficient (Wildman–Crippen LogP) is 1.86. The van der Waals surface area contributed by atoms with Crippen LogP contribution in [0.25, 0.3) is 0 Å². The third-order valence-electron chi connectivity index (χ3n) is 2.47. The molecule has 1 aromatic carbocycles. The van der Waals surface area contributed by atoms with Gasteiger partial charge in [0.1, 0.15) is 18.2 Å². The summed E-state index contributed by atoms with van der Waals surface area (Å²) < 4.78 is 20.6. The van der Waals surface area contributed by atoms with Crippen LogP contribution in [-0.2, 0) is 20.2 Å². The summed E-state index contributed by atoms with van der Waals surface area (Å²) in [5.41, 5.74) is 1.67. The van der Waals surface area contributed by atoms with Crippen LogP contribution in [0.5, 0.6) is 5.75 Å². The van der Waals surface area contributed by atoms with Crippen LogP contribution in [0, 0.1) is 5.82 Å². The van der Waals surface area contributed by atoms with Gasteiger partial charge in [-0.3, -0.25) is 4.68 Å². The van der Waals surface area contributed by atoms with E-state index in [-0.39, 0.29) is 5.82 Å². The van der Waals surface area contributed by atoms with Gasteiger partial charge >= 0.3 is 0 Å². The minimum absolute atomic E-state index is 0.293. The SMILES string of the molecule is CNCc1cc(F)cc(OCc2ccn(C)n2)c1. The molecule has 2 rings (SSSR count). The van der Waals surface area contributed by atoms with E-state index >= 15 is 0 Å². The number of aromatic nitrogens is 2. The first kappa shape index (κ1) is 12.6. The molecule has 0 spiro atoms. The molecule has 0 amide bonds. The van der Waals surface area contributed by atoms with Crippen LogP contribution in [-0.4, -0.2) is 16.8 Å². The molecule has 1 N–H and O–H groups in total. The fourth-order valence-corrected chi connectivity index (χ4v) is 1.71. The molecule has 96 valence electrons. The van der Waals surface area contributed by atoms with Crippen molar-refractivity contribution in [3.63, 3.8) is 0 Å². The van der Waals surface area contributed by atoms with E-state index in [0.29, 0.717) is 18.9 Å². The quantitative estimate of drug-likeness (QED) is 0.879. The monoisotopic (exact) mass is 249 g/mol. The molecule has 1 heterocycles. The van der Waals surface area contributed by atoms with Gasteiger partial charge in [-0.15, -0.1) is 0 Å². The molecule has 2 aromatic rings. The largest absolute Gasteiger partial charge is 0.487 e. The molecule has 1 aromatic heterocycles. The Bertz CT molecular complexity index is 525. The Kier molecular flexibility index (Phi) is 3.94. The molecule has 0 saturated heterocycles. The summed E-state index contributed by atoms with van der Waals surface area (Å²) in [5, 5.41) is 7.17. The van der Waals surface area contributed by atoms with E-state index in [2.05, 4.69) is 10.4 Å². The Morgan fingerprint density at radius 1 is 1.39 bits per heavy atom. The zero-order valence-electron chi connectivity index (χ0n) is 10.5. The molecule has 0 bridgehead atoms. The van der Waals surface area contributed by atoms with Gasteiger partial charge in [0.05, 0.1) is 5.69 Å². The first-order valence-electron chi connectivity index (χ1n) is 5.73. The average Bonchev–Trinajstić information content (AvgIpc) is 2.72. The van der Waals surface area contributed by atoms with Crippen molar-refractivity contribution >= 4 is 0 Å². The van der Waals surface area contributed by atoms with Crippen LogP contribution in [0.15, 0.2) is 30.5 Å². The number of hydrogen-bond acceptors (Lipinski definition) is 3. The molecule has 5 heteroatoms. The zero-order chi connectivity index (χ0) is 13.0. The number of ether oxygens (including phenoxy) is 1. The van der Waals surface area contributed by atoms with Gasteiger partial charge in [-0.25, -0.2) is 4.39 Å². The molecular formula is C13H16FN3O. The van der Waals surface area contributed by atoms with Gasteiger partial charge in [0.15, 0.2) is 0 Å². The number of aryl methyl sites for hydroxylation is 1. The van der Waals surface area contributed by atoms with Gasteiger partial charge < -0.3 is 10.1 Å². The maximum absolute atomic E-state index is 13.4. The molecule has 0 fully saturated rings. The van der Waals surface area contributed by atoms with E-state index in [1.54, 1.807) is 4.68 Å². The maximum Gasteiger partial charge on any atom is 0.132 e. The van der Waals surface area contributed by atoms with Crippen LogP contribution >= 0.6 is 0 Å². The third-order valence-corrected chi connectivity index (χ3v) is 2.47. The van der Waals surface area contributed by atoms with Crippen molar-refractivity contribution in [3.05, 3.63) is 47.5 Å². The van der Waals surface area contributed by atoms with E-state index in [1.807, 2.05) is 32.4 Å². The highest BCUT2D eigenvalue weighted by Gasteiger charge is 2.03. The fraction of sp³-hybridized carbons (Fsp3) is 0.308. The highest BCUT2D eigenvalue weighted by molar-refractivity contribution is 5.29. The lowest BCUT2D eigenvalue weighted by atomic mass is 10.2. The summed E-state index contributed by atoms with van der Waals surface area (Å²) in [6, 6.07) is 6.56. The fourth-order valence-electron chi connectivity index (χ4n) is 1.71. The zero-order valence-corrected chi connectivity index (χ0v) is 10.5. The number of nitrogens with zero attached hydrogens (tertiary/aromatic N) is 2. The van der Waals surface area contributed by atoms with E-state index < -0.39 is 0 Å². The van der Waals surface area contributed by atoms with E-state index in [4.69, 9.17) is 4.74 Å². The summed E-state index contributed by atoms with van der Waals surface area (Å²) in [5.74, 6) is 0.227. The molecule has 0 aliphatic carbocycles. The Labute approximate surface area is 105 Å². The molecule has 18 heavy (non-hydrogen) atoms.